The van der Waals surface area contributed by atoms with Crippen molar-refractivity contribution in [1.29, 1.82) is 0 Å². The van der Waals surface area contributed by atoms with Gasteiger partial charge in [0.05, 0.1) is 6.61 Å². The minimum Gasteiger partial charge on any atom is -0.287 e. The summed E-state index contributed by atoms with van der Waals surface area (Å²) in [4.78, 5) is 6.20. The Kier molecular flexibility index (Phi) is 4.93. The van der Waals surface area contributed by atoms with Crippen molar-refractivity contribution in [3.05, 3.63) is 0 Å². The molecule has 0 atom stereocenters. The van der Waals surface area contributed by atoms with Gasteiger partial charge in [-0.05, 0) is 6.42 Å². The molecule has 0 aliphatic rings. The molecule has 0 aromatic rings. The summed E-state index contributed by atoms with van der Waals surface area (Å²) in [6.07, 6.45) is 0.802. The molecule has 0 aromatic carbocycles. The lowest BCUT2D eigenvalue weighted by atomic mass is 10.5. The van der Waals surface area contributed by atoms with Gasteiger partial charge in [0, 0.05) is 0 Å². The van der Waals surface area contributed by atoms with E-state index in [4.69, 9.17) is 0 Å². The average Bonchev–Trinajstić information content (AvgIpc) is 1.66. The first-order valence-electron chi connectivity index (χ1n) is 2.29. The molecule has 0 spiro atoms. The number of rotatable bonds is 4. The van der Waals surface area contributed by atoms with Crippen LogP contribution in [0.3, 0.4) is 0 Å². The Hall–Kier alpha value is -0.130. The smallest absolute Gasteiger partial charge is 0.223 e. The van der Waals surface area contributed by atoms with Crippen LogP contribution in [0.2, 0.25) is 0 Å². The van der Waals surface area contributed by atoms with Crippen LogP contribution in [0.15, 0.2) is 0 Å². The van der Waals surface area contributed by atoms with Crippen molar-refractivity contribution >= 4 is 10.9 Å². The van der Waals surface area contributed by atoms with E-state index >= 15 is 0 Å². The largest absolute Gasteiger partial charge is 0.287 e. The van der Waals surface area contributed by atoms with Crippen molar-refractivity contribution in [2.24, 2.45) is 0 Å². The van der Waals surface area contributed by atoms with E-state index in [-0.39, 0.29) is 0 Å². The molecular formula is C3H9NO3S. The van der Waals surface area contributed by atoms with Gasteiger partial charge in [-0.15, -0.1) is 0 Å². The Balaban J connectivity index is 2.94. The van der Waals surface area contributed by atoms with Crippen molar-refractivity contribution in [2.75, 3.05) is 6.61 Å². The van der Waals surface area contributed by atoms with Crippen molar-refractivity contribution in [3.63, 3.8) is 0 Å². The standard InChI is InChI=1S/C3H9NO3S/c1-2-3-7-4-8(5)6/h8H,2-3H2,1H3,(H,4,5,6). The van der Waals surface area contributed by atoms with Crippen LogP contribution in [0.4, 0.5) is 0 Å². The molecule has 0 aliphatic heterocycles. The summed E-state index contributed by atoms with van der Waals surface area (Å²) in [6, 6.07) is 0. The highest BCUT2D eigenvalue weighted by molar-refractivity contribution is 7.70. The Bertz CT molecular complexity index is 103. The summed E-state index contributed by atoms with van der Waals surface area (Å²) in [6.45, 7) is 2.31. The topological polar surface area (TPSA) is 55.4 Å². The van der Waals surface area contributed by atoms with Crippen LogP contribution in [0, 0.1) is 0 Å². The zero-order chi connectivity index (χ0) is 6.41. The summed E-state index contributed by atoms with van der Waals surface area (Å²) >= 11 is 0. The van der Waals surface area contributed by atoms with Crippen LogP contribution in [0.1, 0.15) is 13.3 Å². The molecule has 4 nitrogen and oxygen atoms in total. The Morgan fingerprint density at radius 1 is 1.62 bits per heavy atom. The van der Waals surface area contributed by atoms with Gasteiger partial charge in [-0.2, -0.15) is 0 Å². The minimum absolute atomic E-state index is 0.420. The van der Waals surface area contributed by atoms with Crippen molar-refractivity contribution in [2.45, 2.75) is 13.3 Å². The first-order chi connectivity index (χ1) is 3.77. The third kappa shape index (κ3) is 5.87. The van der Waals surface area contributed by atoms with E-state index in [0.29, 0.717) is 6.61 Å². The van der Waals surface area contributed by atoms with Gasteiger partial charge in [-0.1, -0.05) is 11.8 Å². The van der Waals surface area contributed by atoms with E-state index in [2.05, 4.69) is 4.84 Å². The van der Waals surface area contributed by atoms with Crippen molar-refractivity contribution in [3.8, 4) is 0 Å². The highest BCUT2D eigenvalue weighted by Crippen LogP contribution is 1.72. The summed E-state index contributed by atoms with van der Waals surface area (Å²) in [7, 11) is -2.58. The lowest BCUT2D eigenvalue weighted by molar-refractivity contribution is 0.0964. The molecule has 0 saturated carbocycles. The minimum atomic E-state index is -2.58. The Morgan fingerprint density at radius 3 is 2.62 bits per heavy atom. The number of thiol groups is 1. The molecule has 5 heteroatoms. The molecule has 8 heavy (non-hydrogen) atoms. The second-order valence-electron chi connectivity index (χ2n) is 1.20. The molecule has 50 valence electrons. The van der Waals surface area contributed by atoms with Crippen LogP contribution in [-0.2, 0) is 15.7 Å². The fourth-order valence-electron chi connectivity index (χ4n) is 0.200. The first kappa shape index (κ1) is 7.87. The SMILES string of the molecule is CCCON[SH](=O)=O. The van der Waals surface area contributed by atoms with E-state index in [0.717, 1.165) is 6.42 Å². The van der Waals surface area contributed by atoms with Gasteiger partial charge < -0.3 is 0 Å². The molecule has 0 radical (unpaired) electrons. The molecule has 0 aliphatic carbocycles. The van der Waals surface area contributed by atoms with E-state index in [9.17, 15) is 8.42 Å². The maximum Gasteiger partial charge on any atom is 0.223 e. The zero-order valence-electron chi connectivity index (χ0n) is 4.59. The molecule has 0 heterocycles. The van der Waals surface area contributed by atoms with Gasteiger partial charge in [0.2, 0.25) is 10.9 Å². The van der Waals surface area contributed by atoms with Gasteiger partial charge in [0.1, 0.15) is 0 Å². The summed E-state index contributed by atoms with van der Waals surface area (Å²) in [5.74, 6) is 0. The summed E-state index contributed by atoms with van der Waals surface area (Å²) in [5, 5.41) is 0. The Labute approximate surface area is 49.9 Å². The third-order valence-electron chi connectivity index (χ3n) is 0.445. The predicted molar refractivity (Wildman–Crippen MR) is 29.7 cm³/mol. The molecular weight excluding hydrogens is 130 g/mol. The van der Waals surface area contributed by atoms with Gasteiger partial charge >= 0.3 is 0 Å². The average molecular weight is 139 g/mol. The highest BCUT2D eigenvalue weighted by Gasteiger charge is 1.80. The number of nitrogens with one attached hydrogen (secondary N) is 1. The van der Waals surface area contributed by atoms with Crippen LogP contribution in [0.25, 0.3) is 0 Å². The monoisotopic (exact) mass is 139 g/mol. The lowest BCUT2D eigenvalue weighted by Crippen LogP contribution is -2.11. The molecule has 0 rings (SSSR count). The Morgan fingerprint density at radius 2 is 2.25 bits per heavy atom. The fraction of sp³-hybridized carbons (Fsp3) is 1.00. The fourth-order valence-corrected chi connectivity index (χ4v) is 0.397. The summed E-state index contributed by atoms with van der Waals surface area (Å²) < 4.78 is 19.4. The van der Waals surface area contributed by atoms with E-state index in [1.807, 2.05) is 6.92 Å². The second kappa shape index (κ2) is 5.02. The molecule has 0 fully saturated rings. The molecule has 0 aromatic heterocycles. The van der Waals surface area contributed by atoms with Crippen LogP contribution >= 0.6 is 0 Å². The van der Waals surface area contributed by atoms with Gasteiger partial charge in [-0.3, -0.25) is 4.84 Å². The van der Waals surface area contributed by atoms with Crippen LogP contribution in [0.5, 0.6) is 0 Å². The molecule has 1 N–H and O–H groups in total. The molecule has 0 saturated heterocycles. The lowest BCUT2D eigenvalue weighted by Gasteiger charge is -1.92. The van der Waals surface area contributed by atoms with Crippen molar-refractivity contribution in [1.82, 2.24) is 4.89 Å². The molecule has 0 unspecified atom stereocenters. The zero-order valence-corrected chi connectivity index (χ0v) is 5.48. The van der Waals surface area contributed by atoms with Crippen molar-refractivity contribution < 1.29 is 13.3 Å². The highest BCUT2D eigenvalue weighted by atomic mass is 32.2. The number of hydrogen-bond acceptors (Lipinski definition) is 3. The third-order valence-corrected chi connectivity index (χ3v) is 0.723. The predicted octanol–water partition coefficient (Wildman–Crippen LogP) is -0.556. The van der Waals surface area contributed by atoms with Gasteiger partial charge in [-0.25, -0.2) is 8.42 Å². The molecule has 0 amide bonds. The van der Waals surface area contributed by atoms with E-state index in [1.165, 1.54) is 0 Å². The van der Waals surface area contributed by atoms with Crippen LogP contribution < -0.4 is 4.89 Å². The summed E-state index contributed by atoms with van der Waals surface area (Å²) in [5.41, 5.74) is 0. The first-order valence-corrected chi connectivity index (χ1v) is 3.47. The maximum atomic E-state index is 9.68. The van der Waals surface area contributed by atoms with Gasteiger partial charge in [0.25, 0.3) is 0 Å². The number of hydrogen-bond donors (Lipinski definition) is 2. The molecule has 0 bridgehead atoms. The van der Waals surface area contributed by atoms with E-state index < -0.39 is 10.9 Å². The normalized spacial score (nSPS) is 10.2. The maximum absolute atomic E-state index is 9.68. The second-order valence-corrected chi connectivity index (χ2v) is 1.89. The quantitative estimate of drug-likeness (QED) is 0.312. The van der Waals surface area contributed by atoms with E-state index in [1.54, 1.807) is 4.89 Å². The van der Waals surface area contributed by atoms with Gasteiger partial charge in [0.15, 0.2) is 0 Å². The van der Waals surface area contributed by atoms with Crippen LogP contribution in [-0.4, -0.2) is 15.0 Å².